The minimum Gasteiger partial charge on any atom is -0.371 e. The number of rotatable bonds is 6. The van der Waals surface area contributed by atoms with E-state index in [0.29, 0.717) is 47.6 Å². The minimum atomic E-state index is -0.00143. The molecule has 504 valence electrons. The summed E-state index contributed by atoms with van der Waals surface area (Å²) < 4.78 is 23.9. The van der Waals surface area contributed by atoms with Gasteiger partial charge in [0.2, 0.25) is 0 Å². The van der Waals surface area contributed by atoms with Crippen molar-refractivity contribution in [1.29, 1.82) is 0 Å². The molecule has 84 heavy (non-hydrogen) atoms. The Morgan fingerprint density at radius 1 is 0.226 bits per heavy atom. The van der Waals surface area contributed by atoms with E-state index in [2.05, 4.69) is 289 Å². The maximum atomic E-state index is 5.98. The highest BCUT2D eigenvalue weighted by molar-refractivity contribution is 4.94. The van der Waals surface area contributed by atoms with Crippen LogP contribution in [0.2, 0.25) is 0 Å². The zero-order valence-electron chi connectivity index (χ0n) is 63.5. The number of nitrogens with one attached hydrogen (secondary N) is 2. The van der Waals surface area contributed by atoms with Gasteiger partial charge in [-0.05, 0) is 288 Å². The monoisotopic (exact) mass is 1190 g/mol. The zero-order valence-corrected chi connectivity index (χ0v) is 63.5. The Morgan fingerprint density at radius 2 is 0.381 bits per heavy atom. The predicted molar refractivity (Wildman–Crippen MR) is 368 cm³/mol. The molecular formula is C72H152N8O4. The molecule has 12 nitrogen and oxygen atoms in total. The van der Waals surface area contributed by atoms with Crippen molar-refractivity contribution < 1.29 is 18.9 Å². The normalized spacial score (nSPS) is 25.7. The molecule has 0 aromatic rings. The third-order valence-corrected chi connectivity index (χ3v) is 16.0. The Bertz CT molecular complexity index is 1470. The molecule has 6 saturated heterocycles. The molecule has 0 unspecified atom stereocenters. The van der Waals surface area contributed by atoms with Gasteiger partial charge < -0.3 is 29.6 Å². The fourth-order valence-corrected chi connectivity index (χ4v) is 11.9. The number of hydrogen-bond acceptors (Lipinski definition) is 12. The Balaban J connectivity index is 0.000000504. The van der Waals surface area contributed by atoms with Gasteiger partial charge in [-0.3, -0.25) is 29.4 Å². The predicted octanol–water partition coefficient (Wildman–Crippen LogP) is 15.2. The molecule has 0 aliphatic carbocycles. The van der Waals surface area contributed by atoms with E-state index >= 15 is 0 Å². The first-order chi connectivity index (χ1) is 37.1. The molecule has 6 aliphatic heterocycles. The first-order valence-corrected chi connectivity index (χ1v) is 33.9. The quantitative estimate of drug-likeness (QED) is 0.266. The van der Waals surface area contributed by atoms with Crippen molar-refractivity contribution in [2.75, 3.05) is 78.5 Å². The smallest absolute Gasteiger partial charge is 0.0721 e. The third-order valence-electron chi connectivity index (χ3n) is 16.0. The second-order valence-electron chi connectivity index (χ2n) is 38.0. The van der Waals surface area contributed by atoms with Crippen molar-refractivity contribution in [3.8, 4) is 0 Å². The Kier molecular flexibility index (Phi) is 30.8. The molecular weight excluding hydrogens is 1040 g/mol. The summed E-state index contributed by atoms with van der Waals surface area (Å²) >= 11 is 0. The maximum Gasteiger partial charge on any atom is 0.0721 e. The van der Waals surface area contributed by atoms with Crippen LogP contribution in [0.4, 0.5) is 0 Å². The fraction of sp³-hybridized carbons (Fsp3) is 1.00. The van der Waals surface area contributed by atoms with Crippen LogP contribution in [0.5, 0.6) is 0 Å². The number of nitrogens with zero attached hydrogens (tertiary/aromatic N) is 6. The van der Waals surface area contributed by atoms with Crippen LogP contribution in [0.15, 0.2) is 0 Å². The lowest BCUT2D eigenvalue weighted by molar-refractivity contribution is -0.0571. The molecule has 6 atom stereocenters. The topological polar surface area (TPSA) is 80.4 Å². The summed E-state index contributed by atoms with van der Waals surface area (Å²) in [5.41, 5.74) is 2.30. The summed E-state index contributed by atoms with van der Waals surface area (Å²) in [6.45, 7) is 93.9. The molecule has 0 amide bonds. The van der Waals surface area contributed by atoms with Crippen molar-refractivity contribution in [3.63, 3.8) is 0 Å². The van der Waals surface area contributed by atoms with Crippen molar-refractivity contribution >= 4 is 0 Å². The summed E-state index contributed by atoms with van der Waals surface area (Å²) in [5.74, 6) is 0. The molecule has 0 spiro atoms. The Hall–Kier alpha value is -0.480. The Labute approximate surface area is 526 Å². The van der Waals surface area contributed by atoms with Crippen LogP contribution in [0.1, 0.15) is 288 Å². The van der Waals surface area contributed by atoms with Crippen LogP contribution < -0.4 is 10.6 Å². The summed E-state index contributed by atoms with van der Waals surface area (Å²) in [4.78, 5) is 15.1. The lowest BCUT2D eigenvalue weighted by atomic mass is 10.1. The van der Waals surface area contributed by atoms with Crippen molar-refractivity contribution in [2.24, 2.45) is 0 Å². The zero-order chi connectivity index (χ0) is 65.9. The van der Waals surface area contributed by atoms with Crippen LogP contribution >= 0.6 is 0 Å². The molecule has 2 N–H and O–H groups in total. The molecule has 0 bridgehead atoms. The van der Waals surface area contributed by atoms with Crippen LogP contribution in [0, 0.1) is 0 Å². The summed E-state index contributed by atoms with van der Waals surface area (Å²) in [5, 5.41) is 7.36. The number of hydrogen-bond donors (Lipinski definition) is 2. The van der Waals surface area contributed by atoms with Gasteiger partial charge in [-0.1, -0.05) is 0 Å². The van der Waals surface area contributed by atoms with E-state index in [-0.39, 0.29) is 55.6 Å². The van der Waals surface area contributed by atoms with E-state index in [9.17, 15) is 0 Å². The van der Waals surface area contributed by atoms with Gasteiger partial charge in [0, 0.05) is 135 Å². The van der Waals surface area contributed by atoms with Crippen LogP contribution in [0.3, 0.4) is 0 Å². The van der Waals surface area contributed by atoms with E-state index in [4.69, 9.17) is 18.9 Å². The minimum absolute atomic E-state index is 0.00143. The largest absolute Gasteiger partial charge is 0.371 e. The Morgan fingerprint density at radius 3 is 0.500 bits per heavy atom. The fourth-order valence-electron chi connectivity index (χ4n) is 11.9. The van der Waals surface area contributed by atoms with Crippen LogP contribution in [-0.4, -0.2) is 211 Å². The highest BCUT2D eigenvalue weighted by atomic mass is 16.5. The van der Waals surface area contributed by atoms with Gasteiger partial charge in [-0.25, -0.2) is 0 Å². The maximum absolute atomic E-state index is 5.98. The van der Waals surface area contributed by atoms with Crippen molar-refractivity contribution in [1.82, 2.24) is 40.0 Å². The SMILES string of the molecule is CC(C)(C)N[C@@H]1CCN(C(C)(C)C)C1.CC(C)(C)N[C@H]1CCN(C(C)(C)C)C1.CC(C)(C)O[C@@H]1CCN(C(C)(C)C)C1.CC(C)(C)O[C@@H]1CCN(C(C)(C)C)C1.CC(C)(C)O[C@H]1CCN(C(C)(C)C)C1.CC(C)(C)O[C@H]1CCN(C(C)(C)C)C1. The van der Waals surface area contributed by atoms with E-state index < -0.39 is 0 Å². The molecule has 0 radical (unpaired) electrons. The second kappa shape index (κ2) is 31.7. The molecule has 6 heterocycles. The van der Waals surface area contributed by atoms with E-state index in [1.54, 1.807) is 0 Å². The van der Waals surface area contributed by atoms with Crippen LogP contribution in [-0.2, 0) is 18.9 Å². The molecule has 0 aromatic heterocycles. The molecule has 0 saturated carbocycles. The summed E-state index contributed by atoms with van der Waals surface area (Å²) in [6, 6.07) is 1.35. The van der Waals surface area contributed by atoms with E-state index in [1.165, 1.54) is 90.9 Å². The van der Waals surface area contributed by atoms with Gasteiger partial charge in [0.15, 0.2) is 0 Å². The van der Waals surface area contributed by atoms with Crippen molar-refractivity contribution in [3.05, 3.63) is 0 Å². The standard InChI is InChI=1S/2C12H26N2.4C12H25NO/c2*1-11(2,3)13-10-7-8-14(9-10)12(4,5)6;4*1-11(2,3)13-8-7-10(9-13)14-12(4,5)6/h2*10,13H,7-9H2,1-6H3;4*10H,7-9H2,1-6H3/t6*10-/m101100/s1. The summed E-state index contributed by atoms with van der Waals surface area (Å²) in [6.07, 6.45) is 8.97. The van der Waals surface area contributed by atoms with E-state index in [1.807, 2.05) is 0 Å². The third kappa shape index (κ3) is 37.0. The molecule has 6 rings (SSSR count). The highest BCUT2D eigenvalue weighted by Crippen LogP contribution is 2.30. The van der Waals surface area contributed by atoms with Crippen molar-refractivity contribution in [2.45, 2.75) is 391 Å². The lowest BCUT2D eigenvalue weighted by Gasteiger charge is -2.32. The first-order valence-electron chi connectivity index (χ1n) is 33.9. The van der Waals surface area contributed by atoms with E-state index in [0.717, 1.165) is 26.2 Å². The van der Waals surface area contributed by atoms with Gasteiger partial charge in [-0.2, -0.15) is 0 Å². The van der Waals surface area contributed by atoms with Gasteiger partial charge >= 0.3 is 0 Å². The van der Waals surface area contributed by atoms with Gasteiger partial charge in [0.25, 0.3) is 0 Å². The molecule has 0 aromatic carbocycles. The number of ether oxygens (including phenoxy) is 4. The summed E-state index contributed by atoms with van der Waals surface area (Å²) in [7, 11) is 0. The highest BCUT2D eigenvalue weighted by Gasteiger charge is 2.38. The number of likely N-dealkylation sites (tertiary alicyclic amines) is 6. The molecule has 12 heteroatoms. The van der Waals surface area contributed by atoms with Gasteiger partial charge in [-0.15, -0.1) is 0 Å². The van der Waals surface area contributed by atoms with Gasteiger partial charge in [0.1, 0.15) is 0 Å². The average Bonchev–Trinajstić information content (AvgIpc) is 4.06. The van der Waals surface area contributed by atoms with Crippen LogP contribution in [0.25, 0.3) is 0 Å². The van der Waals surface area contributed by atoms with Gasteiger partial charge in [0.05, 0.1) is 46.8 Å². The first kappa shape index (κ1) is 81.5. The average molecular weight is 1190 g/mol. The molecule has 6 fully saturated rings. The lowest BCUT2D eigenvalue weighted by Crippen LogP contribution is -2.47. The second-order valence-corrected chi connectivity index (χ2v) is 38.0. The molecule has 6 aliphatic rings.